The first-order valence-corrected chi connectivity index (χ1v) is 7.34. The zero-order valence-electron chi connectivity index (χ0n) is 12.2. The van der Waals surface area contributed by atoms with Crippen molar-refractivity contribution in [2.24, 2.45) is 0 Å². The highest BCUT2D eigenvalue weighted by molar-refractivity contribution is 5.46. The minimum atomic E-state index is 0.260. The van der Waals surface area contributed by atoms with Crippen molar-refractivity contribution < 1.29 is 9.47 Å². The summed E-state index contributed by atoms with van der Waals surface area (Å²) in [5, 5.41) is 3.54. The van der Waals surface area contributed by atoms with Crippen LogP contribution in [0.5, 0.6) is 11.5 Å². The third-order valence-corrected chi connectivity index (χ3v) is 3.63. The highest BCUT2D eigenvalue weighted by atomic mass is 16.5. The summed E-state index contributed by atoms with van der Waals surface area (Å²) in [6, 6.07) is 6.82. The van der Waals surface area contributed by atoms with Crippen LogP contribution in [0.2, 0.25) is 0 Å². The van der Waals surface area contributed by atoms with Gasteiger partial charge in [-0.05, 0) is 31.7 Å². The highest BCUT2D eigenvalue weighted by Gasteiger charge is 2.21. The second-order valence-corrected chi connectivity index (χ2v) is 5.16. The summed E-state index contributed by atoms with van der Waals surface area (Å²) in [6.45, 7) is 5.18. The van der Waals surface area contributed by atoms with E-state index in [2.05, 4.69) is 25.2 Å². The molecule has 0 atom stereocenters. The van der Waals surface area contributed by atoms with E-state index in [-0.39, 0.29) is 6.10 Å². The third kappa shape index (κ3) is 3.87. The van der Waals surface area contributed by atoms with Crippen LogP contribution in [-0.2, 0) is 6.54 Å². The molecule has 0 heterocycles. The molecule has 1 fully saturated rings. The van der Waals surface area contributed by atoms with Crippen molar-refractivity contribution in [3.63, 3.8) is 0 Å². The normalized spacial score (nSPS) is 14.7. The highest BCUT2D eigenvalue weighted by Crippen LogP contribution is 2.33. The average Bonchev–Trinajstić information content (AvgIpc) is 3.27. The monoisotopic (exact) mass is 263 g/mol. The van der Waals surface area contributed by atoms with Gasteiger partial charge in [-0.15, -0.1) is 0 Å². The minimum absolute atomic E-state index is 0.260. The molecule has 1 aliphatic rings. The Morgan fingerprint density at radius 3 is 2.58 bits per heavy atom. The zero-order valence-corrected chi connectivity index (χ0v) is 12.2. The number of benzene rings is 1. The van der Waals surface area contributed by atoms with Gasteiger partial charge in [-0.2, -0.15) is 0 Å². The van der Waals surface area contributed by atoms with Crippen molar-refractivity contribution in [3.8, 4) is 11.5 Å². The van der Waals surface area contributed by atoms with E-state index in [4.69, 9.17) is 9.47 Å². The van der Waals surface area contributed by atoms with Gasteiger partial charge in [-0.3, -0.25) is 0 Å². The number of nitrogens with one attached hydrogen (secondary N) is 1. The molecule has 106 valence electrons. The fraction of sp³-hybridized carbons (Fsp3) is 0.625. The molecule has 3 nitrogen and oxygen atoms in total. The molecule has 1 aromatic carbocycles. The molecule has 3 heteroatoms. The number of hydrogen-bond donors (Lipinski definition) is 1. The molecule has 1 aromatic rings. The van der Waals surface area contributed by atoms with Gasteiger partial charge in [-0.25, -0.2) is 0 Å². The summed E-state index contributed by atoms with van der Waals surface area (Å²) >= 11 is 0. The molecule has 1 aliphatic carbocycles. The van der Waals surface area contributed by atoms with Gasteiger partial charge in [0.15, 0.2) is 11.5 Å². The predicted octanol–water partition coefficient (Wildman–Crippen LogP) is 3.51. The predicted molar refractivity (Wildman–Crippen MR) is 77.9 cm³/mol. The van der Waals surface area contributed by atoms with Crippen molar-refractivity contribution in [2.75, 3.05) is 7.11 Å². The van der Waals surface area contributed by atoms with Gasteiger partial charge in [0.2, 0.25) is 0 Å². The molecule has 0 spiro atoms. The van der Waals surface area contributed by atoms with E-state index in [1.54, 1.807) is 7.11 Å². The molecule has 19 heavy (non-hydrogen) atoms. The Morgan fingerprint density at radius 2 is 2.00 bits per heavy atom. The Hall–Kier alpha value is -1.22. The fourth-order valence-electron chi connectivity index (χ4n) is 2.16. The van der Waals surface area contributed by atoms with Crippen LogP contribution in [0, 0.1) is 0 Å². The summed E-state index contributed by atoms with van der Waals surface area (Å²) in [7, 11) is 1.70. The minimum Gasteiger partial charge on any atom is -0.493 e. The van der Waals surface area contributed by atoms with Gasteiger partial charge in [0.1, 0.15) is 0 Å². The van der Waals surface area contributed by atoms with Crippen molar-refractivity contribution in [1.82, 2.24) is 5.32 Å². The van der Waals surface area contributed by atoms with E-state index < -0.39 is 0 Å². The van der Waals surface area contributed by atoms with E-state index in [9.17, 15) is 0 Å². The Morgan fingerprint density at radius 1 is 1.26 bits per heavy atom. The number of ether oxygens (including phenoxy) is 2. The lowest BCUT2D eigenvalue weighted by Gasteiger charge is -2.20. The molecular formula is C16H25NO2. The molecule has 1 saturated carbocycles. The van der Waals surface area contributed by atoms with Crippen molar-refractivity contribution in [2.45, 2.75) is 58.2 Å². The Labute approximate surface area is 116 Å². The molecule has 1 N–H and O–H groups in total. The Kier molecular flexibility index (Phi) is 5.08. The zero-order chi connectivity index (χ0) is 13.7. The van der Waals surface area contributed by atoms with Gasteiger partial charge in [0.25, 0.3) is 0 Å². The van der Waals surface area contributed by atoms with Gasteiger partial charge < -0.3 is 14.8 Å². The van der Waals surface area contributed by atoms with Crippen LogP contribution in [-0.4, -0.2) is 19.3 Å². The third-order valence-electron chi connectivity index (χ3n) is 3.63. The van der Waals surface area contributed by atoms with Crippen LogP contribution in [0.25, 0.3) is 0 Å². The summed E-state index contributed by atoms with van der Waals surface area (Å²) in [5.41, 5.74) is 1.19. The van der Waals surface area contributed by atoms with E-state index in [0.717, 1.165) is 30.9 Å². The molecule has 2 rings (SSSR count). The second kappa shape index (κ2) is 6.80. The molecule has 0 radical (unpaired) electrons. The van der Waals surface area contributed by atoms with E-state index in [0.29, 0.717) is 6.04 Å². The number of hydrogen-bond acceptors (Lipinski definition) is 3. The number of para-hydroxylation sites is 1. The molecule has 0 unspecified atom stereocenters. The first-order chi connectivity index (χ1) is 9.28. The summed E-state index contributed by atoms with van der Waals surface area (Å²) in [5.74, 6) is 1.74. The van der Waals surface area contributed by atoms with E-state index >= 15 is 0 Å². The summed E-state index contributed by atoms with van der Waals surface area (Å²) < 4.78 is 11.6. The quantitative estimate of drug-likeness (QED) is 0.778. The topological polar surface area (TPSA) is 30.5 Å². The summed E-state index contributed by atoms with van der Waals surface area (Å²) in [6.07, 6.45) is 4.89. The lowest BCUT2D eigenvalue weighted by atomic mass is 10.1. The lowest BCUT2D eigenvalue weighted by Crippen LogP contribution is -2.19. The first kappa shape index (κ1) is 14.2. The van der Waals surface area contributed by atoms with Crippen LogP contribution in [0.4, 0.5) is 0 Å². The second-order valence-electron chi connectivity index (χ2n) is 5.16. The largest absolute Gasteiger partial charge is 0.493 e. The molecular weight excluding hydrogens is 238 g/mol. The Balaban J connectivity index is 2.14. The van der Waals surface area contributed by atoms with Crippen LogP contribution >= 0.6 is 0 Å². The number of methoxy groups -OCH3 is 1. The SMILES string of the molecule is CCC(CC)Oc1c(CNC2CC2)cccc1OC. The maximum atomic E-state index is 6.15. The number of rotatable bonds is 8. The smallest absolute Gasteiger partial charge is 0.166 e. The fourth-order valence-corrected chi connectivity index (χ4v) is 2.16. The Bertz CT molecular complexity index is 398. The van der Waals surface area contributed by atoms with Gasteiger partial charge in [0.05, 0.1) is 13.2 Å². The standard InChI is InChI=1S/C16H25NO2/c1-4-14(5-2)19-16-12(11-17-13-9-10-13)7-6-8-15(16)18-3/h6-8,13-14,17H,4-5,9-11H2,1-3H3. The van der Waals surface area contributed by atoms with Crippen LogP contribution in [0.15, 0.2) is 18.2 Å². The van der Waals surface area contributed by atoms with E-state index in [1.165, 1.54) is 18.4 Å². The molecule has 0 bridgehead atoms. The van der Waals surface area contributed by atoms with Gasteiger partial charge >= 0.3 is 0 Å². The first-order valence-electron chi connectivity index (χ1n) is 7.34. The van der Waals surface area contributed by atoms with Gasteiger partial charge in [-0.1, -0.05) is 26.0 Å². The maximum absolute atomic E-state index is 6.15. The van der Waals surface area contributed by atoms with Crippen molar-refractivity contribution in [1.29, 1.82) is 0 Å². The van der Waals surface area contributed by atoms with Crippen LogP contribution in [0.3, 0.4) is 0 Å². The van der Waals surface area contributed by atoms with Crippen LogP contribution < -0.4 is 14.8 Å². The maximum Gasteiger partial charge on any atom is 0.166 e. The molecule has 0 amide bonds. The lowest BCUT2D eigenvalue weighted by molar-refractivity contribution is 0.182. The van der Waals surface area contributed by atoms with Crippen molar-refractivity contribution >= 4 is 0 Å². The van der Waals surface area contributed by atoms with E-state index in [1.807, 2.05) is 12.1 Å². The average molecular weight is 263 g/mol. The summed E-state index contributed by atoms with van der Waals surface area (Å²) in [4.78, 5) is 0. The van der Waals surface area contributed by atoms with Gasteiger partial charge in [0, 0.05) is 18.2 Å². The van der Waals surface area contributed by atoms with Crippen LogP contribution in [0.1, 0.15) is 45.1 Å². The molecule has 0 saturated heterocycles. The van der Waals surface area contributed by atoms with Crippen molar-refractivity contribution in [3.05, 3.63) is 23.8 Å². The molecule has 0 aromatic heterocycles. The molecule has 0 aliphatic heterocycles.